The lowest BCUT2D eigenvalue weighted by molar-refractivity contribution is 0.0760. The van der Waals surface area contributed by atoms with Gasteiger partial charge in [0.05, 0.1) is 11.8 Å². The zero-order chi connectivity index (χ0) is 13.1. The van der Waals surface area contributed by atoms with Gasteiger partial charge in [0.25, 0.3) is 5.91 Å². The normalized spacial score (nSPS) is 19.9. The van der Waals surface area contributed by atoms with E-state index in [2.05, 4.69) is 11.9 Å². The van der Waals surface area contributed by atoms with Crippen molar-refractivity contribution in [2.45, 2.75) is 18.6 Å². The summed E-state index contributed by atoms with van der Waals surface area (Å²) >= 11 is 7.72. The molecule has 2 rings (SSSR count). The lowest BCUT2D eigenvalue weighted by atomic mass is 10.2. The molecule has 0 radical (unpaired) electrons. The summed E-state index contributed by atoms with van der Waals surface area (Å²) in [7, 11) is 0. The molecule has 0 spiro atoms. The maximum Gasteiger partial charge on any atom is 0.257 e. The van der Waals surface area contributed by atoms with Crippen molar-refractivity contribution in [3.63, 3.8) is 0 Å². The van der Waals surface area contributed by atoms with Gasteiger partial charge < -0.3 is 4.90 Å². The van der Waals surface area contributed by atoms with Crippen LogP contribution in [-0.4, -0.2) is 39.9 Å². The Bertz CT molecular complexity index is 458. The summed E-state index contributed by atoms with van der Waals surface area (Å²) in [5.41, 5.74) is 0.151. The van der Waals surface area contributed by atoms with Gasteiger partial charge in [0.1, 0.15) is 11.0 Å². The zero-order valence-corrected chi connectivity index (χ0v) is 11.6. The summed E-state index contributed by atoms with van der Waals surface area (Å²) in [5.74, 6) is 0.136. The first kappa shape index (κ1) is 13.6. The minimum atomic E-state index is -0.541. The third kappa shape index (κ3) is 2.95. The smallest absolute Gasteiger partial charge is 0.257 e. The molecule has 0 N–H and O–H groups in total. The van der Waals surface area contributed by atoms with Crippen LogP contribution in [-0.2, 0) is 0 Å². The molecule has 1 saturated heterocycles. The lowest BCUT2D eigenvalue weighted by Gasteiger charge is -2.32. The Labute approximate surface area is 115 Å². The number of aromatic nitrogens is 1. The predicted molar refractivity (Wildman–Crippen MR) is 71.6 cm³/mol. The van der Waals surface area contributed by atoms with E-state index in [9.17, 15) is 9.18 Å². The molecular weight excluding hydrogens is 275 g/mol. The second-order valence-electron chi connectivity index (χ2n) is 4.14. The Morgan fingerprint density at radius 1 is 1.72 bits per heavy atom. The van der Waals surface area contributed by atoms with Gasteiger partial charge in [-0.2, -0.15) is 11.8 Å². The number of nitrogens with zero attached hydrogens (tertiary/aromatic N) is 2. The highest BCUT2D eigenvalue weighted by molar-refractivity contribution is 8.00. The summed E-state index contributed by atoms with van der Waals surface area (Å²) in [6.07, 6.45) is 2.03. The molecule has 0 saturated carbocycles. The number of halogens is 2. The molecule has 18 heavy (non-hydrogen) atoms. The predicted octanol–water partition coefficient (Wildman–Crippen LogP) is 2.84. The Morgan fingerprint density at radius 2 is 2.50 bits per heavy atom. The molecule has 1 atom stereocenters. The van der Waals surface area contributed by atoms with Crippen LogP contribution in [0.2, 0.25) is 5.15 Å². The van der Waals surface area contributed by atoms with Gasteiger partial charge in [0.2, 0.25) is 0 Å². The van der Waals surface area contributed by atoms with Crippen LogP contribution in [0.5, 0.6) is 0 Å². The maximum absolute atomic E-state index is 13.1. The second-order valence-corrected chi connectivity index (χ2v) is 5.91. The molecule has 0 aliphatic carbocycles. The Balaban J connectivity index is 2.17. The van der Waals surface area contributed by atoms with E-state index in [4.69, 9.17) is 11.6 Å². The Hall–Kier alpha value is -0.810. The number of hydrogen-bond donors (Lipinski definition) is 0. The van der Waals surface area contributed by atoms with Crippen LogP contribution in [0.3, 0.4) is 0 Å². The van der Waals surface area contributed by atoms with Crippen molar-refractivity contribution in [2.75, 3.05) is 18.8 Å². The van der Waals surface area contributed by atoms with Crippen LogP contribution < -0.4 is 0 Å². The molecule has 1 aromatic rings. The van der Waals surface area contributed by atoms with Crippen LogP contribution >= 0.6 is 23.4 Å². The molecule has 1 aliphatic rings. The maximum atomic E-state index is 13.1. The van der Waals surface area contributed by atoms with Gasteiger partial charge in [0.15, 0.2) is 0 Å². The van der Waals surface area contributed by atoms with E-state index in [0.29, 0.717) is 18.3 Å². The van der Waals surface area contributed by atoms with Gasteiger partial charge in [0, 0.05) is 24.1 Å². The van der Waals surface area contributed by atoms with Gasteiger partial charge in [-0.05, 0) is 12.5 Å². The van der Waals surface area contributed by atoms with E-state index >= 15 is 0 Å². The van der Waals surface area contributed by atoms with E-state index in [1.165, 1.54) is 0 Å². The van der Waals surface area contributed by atoms with E-state index < -0.39 is 5.82 Å². The molecule has 1 aliphatic heterocycles. The van der Waals surface area contributed by atoms with Crippen molar-refractivity contribution in [1.82, 2.24) is 9.88 Å². The van der Waals surface area contributed by atoms with Gasteiger partial charge in [-0.3, -0.25) is 4.79 Å². The van der Waals surface area contributed by atoms with Crippen LogP contribution in [0.4, 0.5) is 4.39 Å². The summed E-state index contributed by atoms with van der Waals surface area (Å²) < 4.78 is 13.1. The van der Waals surface area contributed by atoms with E-state index in [-0.39, 0.29) is 16.6 Å². The Morgan fingerprint density at radius 3 is 3.22 bits per heavy atom. The first-order valence-corrected chi connectivity index (χ1v) is 7.26. The van der Waals surface area contributed by atoms with Gasteiger partial charge in [-0.15, -0.1) is 0 Å². The van der Waals surface area contributed by atoms with E-state index in [0.717, 1.165) is 24.4 Å². The summed E-state index contributed by atoms with van der Waals surface area (Å²) in [5, 5.41) is 0.510. The molecule has 98 valence electrons. The lowest BCUT2D eigenvalue weighted by Crippen LogP contribution is -2.41. The Kier molecular flexibility index (Phi) is 4.45. The van der Waals surface area contributed by atoms with Gasteiger partial charge in [-0.25, -0.2) is 9.37 Å². The fourth-order valence-corrected chi connectivity index (χ4v) is 3.26. The summed E-state index contributed by atoms with van der Waals surface area (Å²) in [6, 6.07) is 1.15. The largest absolute Gasteiger partial charge is 0.337 e. The average molecular weight is 289 g/mol. The number of pyridine rings is 1. The van der Waals surface area contributed by atoms with Crippen LogP contribution in [0.25, 0.3) is 0 Å². The van der Waals surface area contributed by atoms with Crippen molar-refractivity contribution in [3.8, 4) is 0 Å². The number of rotatable bonds is 2. The highest BCUT2D eigenvalue weighted by Crippen LogP contribution is 2.24. The minimum absolute atomic E-state index is 0.0627. The van der Waals surface area contributed by atoms with Crippen molar-refractivity contribution in [1.29, 1.82) is 0 Å². The minimum Gasteiger partial charge on any atom is -0.337 e. The fraction of sp³-hybridized carbons (Fsp3) is 0.500. The number of thioether (sulfide) groups is 1. The fourth-order valence-electron chi connectivity index (χ4n) is 1.89. The van der Waals surface area contributed by atoms with Gasteiger partial charge in [-0.1, -0.05) is 18.5 Å². The number of carbonyl (C=O) groups is 1. The molecule has 3 nitrogen and oxygen atoms in total. The van der Waals surface area contributed by atoms with Crippen molar-refractivity contribution in [2.24, 2.45) is 0 Å². The average Bonchev–Trinajstić information content (AvgIpc) is 2.41. The molecule has 6 heteroatoms. The summed E-state index contributed by atoms with van der Waals surface area (Å²) in [6.45, 7) is 3.46. The molecule has 0 bridgehead atoms. The second kappa shape index (κ2) is 5.89. The highest BCUT2D eigenvalue weighted by Gasteiger charge is 2.25. The third-order valence-electron chi connectivity index (χ3n) is 2.92. The SMILES string of the molecule is CCC1CN(C(=O)c2cc(F)cnc2Cl)CCS1. The zero-order valence-electron chi connectivity index (χ0n) is 10.0. The van der Waals surface area contributed by atoms with Crippen molar-refractivity contribution in [3.05, 3.63) is 28.8 Å². The topological polar surface area (TPSA) is 33.2 Å². The van der Waals surface area contributed by atoms with Crippen LogP contribution in [0.1, 0.15) is 23.7 Å². The van der Waals surface area contributed by atoms with E-state index in [1.54, 1.807) is 4.90 Å². The van der Waals surface area contributed by atoms with E-state index in [1.807, 2.05) is 11.8 Å². The number of amides is 1. The van der Waals surface area contributed by atoms with Crippen LogP contribution in [0, 0.1) is 5.82 Å². The molecule has 1 fully saturated rings. The first-order chi connectivity index (χ1) is 8.61. The molecular formula is C12H14ClFN2OS. The molecule has 2 heterocycles. The summed E-state index contributed by atoms with van der Waals surface area (Å²) in [4.78, 5) is 17.7. The molecule has 1 aromatic heterocycles. The quantitative estimate of drug-likeness (QED) is 0.785. The third-order valence-corrected chi connectivity index (χ3v) is 4.59. The molecule has 1 unspecified atom stereocenters. The number of hydrogen-bond acceptors (Lipinski definition) is 3. The van der Waals surface area contributed by atoms with Crippen LogP contribution in [0.15, 0.2) is 12.3 Å². The molecule has 1 amide bonds. The molecule has 0 aromatic carbocycles. The van der Waals surface area contributed by atoms with Crippen molar-refractivity contribution >= 4 is 29.3 Å². The van der Waals surface area contributed by atoms with Crippen molar-refractivity contribution < 1.29 is 9.18 Å². The first-order valence-electron chi connectivity index (χ1n) is 5.83. The monoisotopic (exact) mass is 288 g/mol. The highest BCUT2D eigenvalue weighted by atomic mass is 35.5. The number of carbonyl (C=O) groups excluding carboxylic acids is 1. The standard InChI is InChI=1S/C12H14ClFN2OS/c1-2-9-7-16(3-4-18-9)12(17)10-5-8(14)6-15-11(10)13/h5-6,9H,2-4,7H2,1H3. The van der Waals surface area contributed by atoms with Gasteiger partial charge >= 0.3 is 0 Å².